The molecule has 3 atom stereocenters. The molecule has 2 unspecified atom stereocenters. The number of anilines is 1. The van der Waals surface area contributed by atoms with Gasteiger partial charge in [-0.1, -0.05) is 30.3 Å². The summed E-state index contributed by atoms with van der Waals surface area (Å²) in [6.45, 7) is 2.40. The molecule has 0 aromatic heterocycles. The number of amides is 1. The van der Waals surface area contributed by atoms with Gasteiger partial charge >= 0.3 is 0 Å². The Balaban J connectivity index is 1.63. The number of para-hydroxylation sites is 1. The average molecular weight is 365 g/mol. The van der Waals surface area contributed by atoms with Crippen LogP contribution in [0.25, 0.3) is 5.57 Å². The Kier molecular flexibility index (Phi) is 4.83. The first kappa shape index (κ1) is 17.6. The lowest BCUT2D eigenvalue weighted by Gasteiger charge is -2.33. The minimum absolute atomic E-state index is 0.0192. The molecular formula is C21H23N3O3. The van der Waals surface area contributed by atoms with Gasteiger partial charge < -0.3 is 20.1 Å². The Labute approximate surface area is 158 Å². The van der Waals surface area contributed by atoms with E-state index in [4.69, 9.17) is 4.74 Å². The molecular weight excluding hydrogens is 342 g/mol. The smallest absolute Gasteiger partial charge is 0.246 e. The standard InChI is InChI=1S/C21H23N3O3/c1-14(25)12-27-17-9-7-15(8-10-17)18-11-24(16-5-3-2-4-6-16)20-19(18)22-13-23-21(20)26/h2-11,14,19-20,22,25H,12-13H2,1H3,(H,23,26)/t14-,19?,20?/m1/s1. The van der Waals surface area contributed by atoms with Gasteiger partial charge in [-0.2, -0.15) is 0 Å². The molecule has 0 spiro atoms. The second kappa shape index (κ2) is 7.42. The van der Waals surface area contributed by atoms with E-state index in [9.17, 15) is 9.90 Å². The second-order valence-corrected chi connectivity index (χ2v) is 6.86. The summed E-state index contributed by atoms with van der Waals surface area (Å²) in [5.41, 5.74) is 3.09. The lowest BCUT2D eigenvalue weighted by molar-refractivity contribution is -0.123. The first-order chi connectivity index (χ1) is 13.1. The van der Waals surface area contributed by atoms with Crippen LogP contribution in [0.5, 0.6) is 5.75 Å². The molecule has 6 nitrogen and oxygen atoms in total. The van der Waals surface area contributed by atoms with E-state index in [2.05, 4.69) is 10.6 Å². The highest BCUT2D eigenvalue weighted by atomic mass is 16.5. The van der Waals surface area contributed by atoms with Crippen LogP contribution < -0.4 is 20.3 Å². The number of hydrogen-bond acceptors (Lipinski definition) is 5. The first-order valence-corrected chi connectivity index (χ1v) is 9.11. The number of aliphatic hydroxyl groups excluding tert-OH is 1. The van der Waals surface area contributed by atoms with Crippen molar-refractivity contribution in [1.29, 1.82) is 0 Å². The summed E-state index contributed by atoms with van der Waals surface area (Å²) in [6, 6.07) is 17.3. The van der Waals surface area contributed by atoms with Crippen LogP contribution in [0.15, 0.2) is 60.8 Å². The fourth-order valence-electron chi connectivity index (χ4n) is 3.54. The van der Waals surface area contributed by atoms with Crippen LogP contribution in [-0.4, -0.2) is 42.5 Å². The summed E-state index contributed by atoms with van der Waals surface area (Å²) in [5.74, 6) is 0.731. The molecule has 0 aliphatic carbocycles. The van der Waals surface area contributed by atoms with Crippen molar-refractivity contribution in [2.75, 3.05) is 18.2 Å². The van der Waals surface area contributed by atoms with Crippen molar-refractivity contribution in [3.8, 4) is 5.75 Å². The number of carbonyl (C=O) groups is 1. The highest BCUT2D eigenvalue weighted by Crippen LogP contribution is 2.35. The lowest BCUT2D eigenvalue weighted by Crippen LogP contribution is -2.61. The van der Waals surface area contributed by atoms with Gasteiger partial charge in [-0.15, -0.1) is 0 Å². The highest BCUT2D eigenvalue weighted by Gasteiger charge is 2.43. The van der Waals surface area contributed by atoms with Gasteiger partial charge in [-0.25, -0.2) is 0 Å². The van der Waals surface area contributed by atoms with Gasteiger partial charge in [0, 0.05) is 11.9 Å². The van der Waals surface area contributed by atoms with E-state index in [0.29, 0.717) is 12.4 Å². The molecule has 2 aromatic rings. The van der Waals surface area contributed by atoms with Crippen LogP contribution in [0, 0.1) is 0 Å². The Bertz CT molecular complexity index is 834. The first-order valence-electron chi connectivity index (χ1n) is 9.11. The van der Waals surface area contributed by atoms with Crippen molar-refractivity contribution in [2.45, 2.75) is 25.1 Å². The van der Waals surface area contributed by atoms with Crippen molar-refractivity contribution in [3.05, 3.63) is 66.4 Å². The van der Waals surface area contributed by atoms with Crippen molar-refractivity contribution in [3.63, 3.8) is 0 Å². The van der Waals surface area contributed by atoms with Gasteiger partial charge in [-0.05, 0) is 42.3 Å². The Hall–Kier alpha value is -2.83. The molecule has 0 bridgehead atoms. The van der Waals surface area contributed by atoms with Crippen molar-refractivity contribution in [1.82, 2.24) is 10.6 Å². The fraction of sp³-hybridized carbons (Fsp3) is 0.286. The molecule has 6 heteroatoms. The van der Waals surface area contributed by atoms with Crippen LogP contribution in [0.1, 0.15) is 12.5 Å². The van der Waals surface area contributed by atoms with Crippen molar-refractivity contribution >= 4 is 17.2 Å². The number of nitrogens with one attached hydrogen (secondary N) is 2. The predicted molar refractivity (Wildman–Crippen MR) is 104 cm³/mol. The third-order valence-corrected chi connectivity index (χ3v) is 4.82. The minimum Gasteiger partial charge on any atom is -0.491 e. The van der Waals surface area contributed by atoms with Gasteiger partial charge in [0.25, 0.3) is 0 Å². The molecule has 2 aliphatic rings. The third-order valence-electron chi connectivity index (χ3n) is 4.82. The van der Waals surface area contributed by atoms with Crippen molar-refractivity contribution in [2.24, 2.45) is 0 Å². The summed E-state index contributed by atoms with van der Waals surface area (Å²) < 4.78 is 5.54. The molecule has 1 saturated heterocycles. The fourth-order valence-corrected chi connectivity index (χ4v) is 3.54. The Morgan fingerprint density at radius 2 is 1.93 bits per heavy atom. The van der Waals surface area contributed by atoms with Crippen LogP contribution in [-0.2, 0) is 4.79 Å². The largest absolute Gasteiger partial charge is 0.491 e. The zero-order chi connectivity index (χ0) is 18.8. The van der Waals surface area contributed by atoms with E-state index in [1.54, 1.807) is 6.92 Å². The molecule has 2 aromatic carbocycles. The zero-order valence-corrected chi connectivity index (χ0v) is 15.1. The van der Waals surface area contributed by atoms with Gasteiger partial charge in [0.15, 0.2) is 0 Å². The van der Waals surface area contributed by atoms with E-state index >= 15 is 0 Å². The molecule has 2 aliphatic heterocycles. The zero-order valence-electron chi connectivity index (χ0n) is 15.1. The predicted octanol–water partition coefficient (Wildman–Crippen LogP) is 1.72. The molecule has 140 valence electrons. The van der Waals surface area contributed by atoms with Crippen LogP contribution >= 0.6 is 0 Å². The lowest BCUT2D eigenvalue weighted by atomic mass is 9.95. The maximum Gasteiger partial charge on any atom is 0.246 e. The summed E-state index contributed by atoms with van der Waals surface area (Å²) in [5, 5.41) is 15.6. The van der Waals surface area contributed by atoms with Gasteiger partial charge in [0.05, 0.1) is 18.8 Å². The second-order valence-electron chi connectivity index (χ2n) is 6.86. The minimum atomic E-state index is -0.507. The van der Waals surface area contributed by atoms with Crippen LogP contribution in [0.4, 0.5) is 5.69 Å². The van der Waals surface area contributed by atoms with E-state index < -0.39 is 6.10 Å². The van der Waals surface area contributed by atoms with Gasteiger partial charge in [-0.3, -0.25) is 10.1 Å². The Morgan fingerprint density at radius 1 is 1.19 bits per heavy atom. The number of nitrogens with zero attached hydrogens (tertiary/aromatic N) is 1. The van der Waals surface area contributed by atoms with Crippen LogP contribution in [0.3, 0.4) is 0 Å². The highest BCUT2D eigenvalue weighted by molar-refractivity contribution is 5.95. The summed E-state index contributed by atoms with van der Waals surface area (Å²) in [7, 11) is 0. The van der Waals surface area contributed by atoms with Crippen molar-refractivity contribution < 1.29 is 14.6 Å². The topological polar surface area (TPSA) is 73.8 Å². The molecule has 1 amide bonds. The molecule has 0 radical (unpaired) electrons. The molecule has 3 N–H and O–H groups in total. The molecule has 4 rings (SSSR count). The number of fused-ring (bicyclic) bond motifs is 1. The SMILES string of the molecule is C[C@@H](O)COc1ccc(C2=CN(c3ccccc3)C3C(=O)NCNC23)cc1. The van der Waals surface area contributed by atoms with Gasteiger partial charge in [0.2, 0.25) is 5.91 Å². The number of benzene rings is 2. The summed E-state index contributed by atoms with van der Waals surface area (Å²) in [6.07, 6.45) is 1.54. The number of ether oxygens (including phenoxy) is 1. The quantitative estimate of drug-likeness (QED) is 0.752. The molecule has 0 saturated carbocycles. The number of hydrogen-bond donors (Lipinski definition) is 3. The summed E-state index contributed by atoms with van der Waals surface area (Å²) >= 11 is 0. The normalized spacial score (nSPS) is 22.7. The number of carbonyl (C=O) groups excluding carboxylic acids is 1. The Morgan fingerprint density at radius 3 is 2.63 bits per heavy atom. The van der Waals surface area contributed by atoms with E-state index in [1.165, 1.54) is 0 Å². The van der Waals surface area contributed by atoms with E-state index in [0.717, 1.165) is 16.8 Å². The van der Waals surface area contributed by atoms with E-state index in [-0.39, 0.29) is 24.6 Å². The molecule has 27 heavy (non-hydrogen) atoms. The monoisotopic (exact) mass is 365 g/mol. The molecule has 1 fully saturated rings. The average Bonchev–Trinajstić information content (AvgIpc) is 3.08. The maximum atomic E-state index is 12.6. The maximum absolute atomic E-state index is 12.6. The number of rotatable bonds is 5. The van der Waals surface area contributed by atoms with Gasteiger partial charge in [0.1, 0.15) is 18.4 Å². The summed E-state index contributed by atoms with van der Waals surface area (Å²) in [4.78, 5) is 14.6. The van der Waals surface area contributed by atoms with E-state index in [1.807, 2.05) is 65.7 Å². The molecule has 2 heterocycles. The number of aliphatic hydroxyl groups is 1. The third kappa shape index (κ3) is 3.54. The van der Waals surface area contributed by atoms with Crippen LogP contribution in [0.2, 0.25) is 0 Å².